The van der Waals surface area contributed by atoms with E-state index in [-0.39, 0.29) is 12.3 Å². The molecule has 4 saturated heterocycles. The van der Waals surface area contributed by atoms with E-state index < -0.39 is 174 Å². The maximum atomic E-state index is 13.5. The van der Waals surface area contributed by atoms with E-state index in [1.165, 1.54) is 154 Å². The summed E-state index contributed by atoms with van der Waals surface area (Å²) >= 11 is 0. The highest BCUT2D eigenvalue weighted by molar-refractivity contribution is 5.76. The Kier molecular flexibility index (Phi) is 44.7. The van der Waals surface area contributed by atoms with Crippen LogP contribution in [0.25, 0.3) is 0 Å². The molecule has 4 aliphatic heterocycles. The first kappa shape index (κ1) is 85.0. The van der Waals surface area contributed by atoms with Gasteiger partial charge in [-0.3, -0.25) is 9.59 Å². The second-order valence-electron chi connectivity index (χ2n) is 26.8. The van der Waals surface area contributed by atoms with E-state index in [1.807, 2.05) is 6.08 Å². The molecule has 0 radical (unpaired) electrons. The molecule has 1 unspecified atom stereocenters. The fourth-order valence-corrected chi connectivity index (χ4v) is 12.8. The number of unbranched alkanes of at least 4 members (excludes halogenated alkanes) is 30. The van der Waals surface area contributed by atoms with Gasteiger partial charge < -0.3 is 115 Å². The van der Waals surface area contributed by atoms with Crippen LogP contribution in [-0.2, 0) is 47.5 Å². The van der Waals surface area contributed by atoms with E-state index in [4.69, 9.17) is 37.9 Å². The molecule has 0 bridgehead atoms. The van der Waals surface area contributed by atoms with Crippen molar-refractivity contribution in [3.8, 4) is 0 Å². The number of carbonyl (C=O) groups is 2. The maximum Gasteiger partial charge on any atom is 0.220 e. The van der Waals surface area contributed by atoms with Gasteiger partial charge in [0.05, 0.1) is 45.2 Å². The average Bonchev–Trinajstić information content (AvgIpc) is 0.779. The third-order valence-corrected chi connectivity index (χ3v) is 18.8. The van der Waals surface area contributed by atoms with E-state index in [0.29, 0.717) is 12.8 Å². The number of nitrogens with one attached hydrogen (secondary N) is 2. The minimum Gasteiger partial charge on any atom is -0.394 e. The van der Waals surface area contributed by atoms with Crippen molar-refractivity contribution in [2.24, 2.45) is 0 Å². The van der Waals surface area contributed by atoms with Crippen molar-refractivity contribution in [3.05, 3.63) is 24.3 Å². The van der Waals surface area contributed by atoms with Crippen LogP contribution in [0.5, 0.6) is 0 Å². The molecule has 0 aliphatic carbocycles. The summed E-state index contributed by atoms with van der Waals surface area (Å²) in [5.74, 6) is -1.06. The second-order valence-corrected chi connectivity index (χ2v) is 26.8. The lowest BCUT2D eigenvalue weighted by Gasteiger charge is -2.50. The number of carbonyl (C=O) groups excluding carboxylic acids is 2. The molecule has 25 nitrogen and oxygen atoms in total. The number of hydrogen-bond acceptors (Lipinski definition) is 23. The quantitative estimate of drug-likeness (QED) is 0.0290. The fourth-order valence-electron chi connectivity index (χ4n) is 12.8. The Morgan fingerprint density at radius 2 is 0.768 bits per heavy atom. The van der Waals surface area contributed by atoms with Crippen molar-refractivity contribution < 1.29 is 114 Å². The van der Waals surface area contributed by atoms with E-state index >= 15 is 0 Å². The Labute approximate surface area is 565 Å². The molecule has 95 heavy (non-hydrogen) atoms. The van der Waals surface area contributed by atoms with E-state index in [2.05, 4.69) is 36.6 Å². The van der Waals surface area contributed by atoms with Crippen molar-refractivity contribution in [1.82, 2.24) is 10.6 Å². The van der Waals surface area contributed by atoms with E-state index in [9.17, 15) is 76.0 Å². The molecule has 2 amide bonds. The van der Waals surface area contributed by atoms with Crippen molar-refractivity contribution >= 4 is 11.8 Å². The highest BCUT2D eigenvalue weighted by atomic mass is 16.8. The normalized spacial score (nSPS) is 32.1. The van der Waals surface area contributed by atoms with Crippen LogP contribution in [0.3, 0.4) is 0 Å². The van der Waals surface area contributed by atoms with Crippen LogP contribution >= 0.6 is 0 Å². The average molecular weight is 1370 g/mol. The number of aliphatic hydroxyl groups is 13. The van der Waals surface area contributed by atoms with Crippen LogP contribution in [0.2, 0.25) is 0 Å². The molecule has 15 N–H and O–H groups in total. The first-order valence-corrected chi connectivity index (χ1v) is 36.6. The first-order valence-electron chi connectivity index (χ1n) is 36.6. The van der Waals surface area contributed by atoms with Crippen LogP contribution < -0.4 is 10.6 Å². The van der Waals surface area contributed by atoms with Crippen molar-refractivity contribution in [3.63, 3.8) is 0 Å². The Balaban J connectivity index is 1.29. The fraction of sp³-hybridized carbons (Fsp3) is 0.914. The Bertz CT molecular complexity index is 2010. The lowest BCUT2D eigenvalue weighted by molar-refractivity contribution is -0.380. The summed E-state index contributed by atoms with van der Waals surface area (Å²) in [6.45, 7) is 1.61. The highest BCUT2D eigenvalue weighted by Crippen LogP contribution is 2.35. The molecule has 4 heterocycles. The molecule has 25 heteroatoms. The van der Waals surface area contributed by atoms with Gasteiger partial charge >= 0.3 is 0 Å². The predicted molar refractivity (Wildman–Crippen MR) is 354 cm³/mol. The van der Waals surface area contributed by atoms with Crippen LogP contribution in [0.1, 0.15) is 239 Å². The summed E-state index contributed by atoms with van der Waals surface area (Å²) in [5, 5.41) is 147. The third-order valence-electron chi connectivity index (χ3n) is 18.8. The van der Waals surface area contributed by atoms with Crippen LogP contribution in [-0.4, -0.2) is 246 Å². The molecule has 4 aliphatic rings. The van der Waals surface area contributed by atoms with Crippen LogP contribution in [0.4, 0.5) is 0 Å². The number of rotatable bonds is 52. The molecule has 22 atom stereocenters. The first-order chi connectivity index (χ1) is 46.0. The monoisotopic (exact) mass is 1360 g/mol. The van der Waals surface area contributed by atoms with Crippen molar-refractivity contribution in [2.75, 3.05) is 33.0 Å². The molecule has 556 valence electrons. The summed E-state index contributed by atoms with van der Waals surface area (Å²) in [6, 6.07) is -2.63. The summed E-state index contributed by atoms with van der Waals surface area (Å²) in [7, 11) is 0. The van der Waals surface area contributed by atoms with Gasteiger partial charge in [-0.05, 0) is 44.9 Å². The SMILES string of the molecule is CCCCCCCCC=CCCCCCCCCCCCCCCCC(=O)N[C@@H](CO[C@@H]1O[C@H](CO)[C@@H](O[C@@H]2O[C@H](CO)[C@H](O[C@@H]3O[C@H](CO)[C@H](O)[C@H](O[C@@H]4O[C@H](CO)[C@H](O)[C@H](O)[C@H]4O)[C@H]3NC(C)=O)[C@H](O)[C@H]2O)[C@H](O)C1O)[C@H](O)C=CCCCCCCCCCCCCC. The molecule has 4 fully saturated rings. The molecule has 0 spiro atoms. The maximum absolute atomic E-state index is 13.5. The van der Waals surface area contributed by atoms with Gasteiger partial charge in [0.2, 0.25) is 11.8 Å². The number of hydrogen-bond donors (Lipinski definition) is 15. The standard InChI is InChI=1S/C70H128N2O23/c1-4-6-8-10-12-14-16-18-19-20-21-22-23-24-25-26-27-29-31-33-35-37-39-41-54(79)72-48(49(78)40-38-36-34-32-30-28-17-15-13-11-9-7-5-2)46-88-68-62(86)59(83)65(52(44-75)91-68)94-70-63(87)60(84)64(53(45-76)92-70)93-67-55(71-47(3)77)66(57(81)51(43-74)89-67)95-69-61(85)58(82)56(80)50(42-73)90-69/h18-19,38,40,48-53,55-70,73-76,78,80-87H,4-17,20-37,39,41-46H2,1-3H3,(H,71,77)(H,72,79)/t48-,49+,50+,51+,52+,53+,55+,56-,57-,58-,59+,60+,61+,62?,63+,64-,65+,66+,67-,68+,69-,70-/m0/s1. The molecule has 0 aromatic heterocycles. The van der Waals surface area contributed by atoms with E-state index in [0.717, 1.165) is 51.9 Å². The minimum atomic E-state index is -2.10. The molecule has 0 aromatic carbocycles. The molecular formula is C70H128N2O23. The molecule has 0 saturated carbocycles. The van der Waals surface area contributed by atoms with Gasteiger partial charge in [0, 0.05) is 13.3 Å². The zero-order chi connectivity index (χ0) is 69.3. The topological polar surface area (TPSA) is 395 Å². The molecule has 0 aromatic rings. The zero-order valence-corrected chi connectivity index (χ0v) is 57.5. The minimum absolute atomic E-state index is 0.214. The van der Waals surface area contributed by atoms with Crippen molar-refractivity contribution in [2.45, 2.75) is 374 Å². The summed E-state index contributed by atoms with van der Waals surface area (Å²) in [5.41, 5.74) is 0. The van der Waals surface area contributed by atoms with Gasteiger partial charge in [0.15, 0.2) is 25.2 Å². The van der Waals surface area contributed by atoms with Gasteiger partial charge in [0.1, 0.15) is 97.6 Å². The lowest BCUT2D eigenvalue weighted by atomic mass is 9.94. The lowest BCUT2D eigenvalue weighted by Crippen LogP contribution is -2.70. The Morgan fingerprint density at radius 3 is 1.22 bits per heavy atom. The second kappa shape index (κ2) is 50.0. The zero-order valence-electron chi connectivity index (χ0n) is 57.5. The van der Waals surface area contributed by atoms with Gasteiger partial charge in [-0.1, -0.05) is 205 Å². The number of amides is 2. The highest BCUT2D eigenvalue weighted by Gasteiger charge is 2.56. The van der Waals surface area contributed by atoms with Crippen molar-refractivity contribution in [1.29, 1.82) is 0 Å². The number of ether oxygens (including phenoxy) is 8. The van der Waals surface area contributed by atoms with Crippen LogP contribution in [0, 0.1) is 0 Å². The van der Waals surface area contributed by atoms with Gasteiger partial charge in [-0.15, -0.1) is 0 Å². The Morgan fingerprint density at radius 1 is 0.411 bits per heavy atom. The van der Waals surface area contributed by atoms with E-state index in [1.54, 1.807) is 6.08 Å². The number of allylic oxidation sites excluding steroid dienone is 3. The van der Waals surface area contributed by atoms with Gasteiger partial charge in [0.25, 0.3) is 0 Å². The summed E-state index contributed by atoms with van der Waals surface area (Å²) in [6.07, 6.45) is 12.5. The van der Waals surface area contributed by atoms with Gasteiger partial charge in [-0.2, -0.15) is 0 Å². The Hall–Kier alpha value is -2.42. The predicted octanol–water partition coefficient (Wildman–Crippen LogP) is 4.68. The number of aliphatic hydroxyl groups excluding tert-OH is 13. The van der Waals surface area contributed by atoms with Crippen LogP contribution in [0.15, 0.2) is 24.3 Å². The third kappa shape index (κ3) is 30.8. The smallest absolute Gasteiger partial charge is 0.220 e. The molecular weight excluding hydrogens is 1240 g/mol. The largest absolute Gasteiger partial charge is 0.394 e. The van der Waals surface area contributed by atoms with Gasteiger partial charge in [-0.25, -0.2) is 0 Å². The summed E-state index contributed by atoms with van der Waals surface area (Å²) < 4.78 is 46.8. The molecule has 4 rings (SSSR count). The summed E-state index contributed by atoms with van der Waals surface area (Å²) in [4.78, 5) is 26.1.